The van der Waals surface area contributed by atoms with Gasteiger partial charge in [-0.05, 0) is 55.7 Å². The van der Waals surface area contributed by atoms with Gasteiger partial charge in [0.1, 0.15) is 0 Å². The van der Waals surface area contributed by atoms with Crippen molar-refractivity contribution in [2.45, 2.75) is 19.3 Å². The highest BCUT2D eigenvalue weighted by molar-refractivity contribution is 6.33. The molecule has 3 rings (SSSR count). The maximum Gasteiger partial charge on any atom is 0.255 e. The van der Waals surface area contributed by atoms with Gasteiger partial charge in [0.05, 0.1) is 10.7 Å². The maximum absolute atomic E-state index is 12.4. The molecule has 5 heteroatoms. The van der Waals surface area contributed by atoms with Gasteiger partial charge in [0.25, 0.3) is 11.8 Å². The molecule has 0 aliphatic carbocycles. The van der Waals surface area contributed by atoms with Gasteiger partial charge < -0.3 is 10.2 Å². The van der Waals surface area contributed by atoms with Gasteiger partial charge in [-0.25, -0.2) is 0 Å². The number of hydrogen-bond acceptors (Lipinski definition) is 2. The van der Waals surface area contributed by atoms with Crippen molar-refractivity contribution in [3.05, 3.63) is 64.7 Å². The molecule has 124 valence electrons. The molecule has 1 saturated heterocycles. The summed E-state index contributed by atoms with van der Waals surface area (Å²) in [6, 6.07) is 13.8. The first-order chi connectivity index (χ1) is 11.6. The number of para-hydroxylation sites is 1. The summed E-state index contributed by atoms with van der Waals surface area (Å²) in [5, 5.41) is 3.26. The molecule has 0 bridgehead atoms. The molecule has 2 aromatic carbocycles. The van der Waals surface area contributed by atoms with E-state index < -0.39 is 0 Å². The number of likely N-dealkylation sites (tertiary alicyclic amines) is 1. The van der Waals surface area contributed by atoms with E-state index in [0.29, 0.717) is 21.8 Å². The van der Waals surface area contributed by atoms with E-state index in [4.69, 9.17) is 11.6 Å². The van der Waals surface area contributed by atoms with Crippen molar-refractivity contribution < 1.29 is 9.59 Å². The van der Waals surface area contributed by atoms with E-state index in [-0.39, 0.29) is 11.8 Å². The van der Waals surface area contributed by atoms with Crippen LogP contribution >= 0.6 is 11.6 Å². The normalized spacial score (nSPS) is 14.3. The summed E-state index contributed by atoms with van der Waals surface area (Å²) in [5.74, 6) is -0.215. The Morgan fingerprint density at radius 1 is 0.875 bits per heavy atom. The van der Waals surface area contributed by atoms with Gasteiger partial charge >= 0.3 is 0 Å². The minimum atomic E-state index is -0.250. The summed E-state index contributed by atoms with van der Waals surface area (Å²) in [7, 11) is 0. The summed E-state index contributed by atoms with van der Waals surface area (Å²) < 4.78 is 0. The van der Waals surface area contributed by atoms with Crippen molar-refractivity contribution in [2.24, 2.45) is 0 Å². The lowest BCUT2D eigenvalue weighted by Crippen LogP contribution is -2.35. The van der Waals surface area contributed by atoms with Crippen LogP contribution in [0.3, 0.4) is 0 Å². The van der Waals surface area contributed by atoms with Gasteiger partial charge in [-0.1, -0.05) is 23.7 Å². The molecule has 4 nitrogen and oxygen atoms in total. The zero-order valence-electron chi connectivity index (χ0n) is 13.3. The molecule has 1 aliphatic heterocycles. The van der Waals surface area contributed by atoms with Gasteiger partial charge in [-0.2, -0.15) is 0 Å². The van der Waals surface area contributed by atoms with E-state index in [1.165, 1.54) is 6.42 Å². The van der Waals surface area contributed by atoms with E-state index in [9.17, 15) is 9.59 Å². The first kappa shape index (κ1) is 16.5. The second kappa shape index (κ2) is 7.49. The Hall–Kier alpha value is -2.33. The smallest absolute Gasteiger partial charge is 0.255 e. The standard InChI is InChI=1S/C19H19ClN2O2/c20-16-6-2-3-7-17(16)21-18(23)14-8-10-15(11-9-14)19(24)22-12-4-1-5-13-22/h2-3,6-11H,1,4-5,12-13H2,(H,21,23). The Kier molecular flexibility index (Phi) is 5.16. The molecule has 2 amide bonds. The molecule has 0 unspecified atom stereocenters. The third-order valence-corrected chi connectivity index (χ3v) is 4.49. The van der Waals surface area contributed by atoms with Crippen LogP contribution in [0.25, 0.3) is 0 Å². The van der Waals surface area contributed by atoms with Crippen molar-refractivity contribution in [3.63, 3.8) is 0 Å². The molecule has 0 aromatic heterocycles. The van der Waals surface area contributed by atoms with Crippen molar-refractivity contribution in [2.75, 3.05) is 18.4 Å². The third kappa shape index (κ3) is 3.77. The Morgan fingerprint density at radius 3 is 2.17 bits per heavy atom. The monoisotopic (exact) mass is 342 g/mol. The van der Waals surface area contributed by atoms with Gasteiger partial charge in [-0.15, -0.1) is 0 Å². The molecular formula is C19H19ClN2O2. The lowest BCUT2D eigenvalue weighted by atomic mass is 10.1. The number of anilines is 1. The number of nitrogens with zero attached hydrogens (tertiary/aromatic N) is 1. The Morgan fingerprint density at radius 2 is 1.50 bits per heavy atom. The molecule has 1 N–H and O–H groups in total. The molecule has 1 heterocycles. The maximum atomic E-state index is 12.4. The number of hydrogen-bond donors (Lipinski definition) is 1. The zero-order chi connectivity index (χ0) is 16.9. The minimum absolute atomic E-state index is 0.0350. The van der Waals surface area contributed by atoms with Crippen LogP contribution in [0, 0.1) is 0 Å². The van der Waals surface area contributed by atoms with Crippen LogP contribution < -0.4 is 5.32 Å². The van der Waals surface area contributed by atoms with Crippen molar-refractivity contribution in [3.8, 4) is 0 Å². The Balaban J connectivity index is 1.68. The van der Waals surface area contributed by atoms with Crippen LogP contribution in [0.15, 0.2) is 48.5 Å². The molecule has 2 aromatic rings. The van der Waals surface area contributed by atoms with E-state index in [1.807, 2.05) is 11.0 Å². The summed E-state index contributed by atoms with van der Waals surface area (Å²) in [6.07, 6.45) is 3.30. The molecule has 0 spiro atoms. The third-order valence-electron chi connectivity index (χ3n) is 4.16. The van der Waals surface area contributed by atoms with Crippen molar-refractivity contribution in [1.29, 1.82) is 0 Å². The van der Waals surface area contributed by atoms with Crippen LogP contribution in [0.1, 0.15) is 40.0 Å². The summed E-state index contributed by atoms with van der Waals surface area (Å²) in [6.45, 7) is 1.63. The first-order valence-corrected chi connectivity index (χ1v) is 8.48. The molecule has 24 heavy (non-hydrogen) atoms. The number of nitrogens with one attached hydrogen (secondary N) is 1. The quantitative estimate of drug-likeness (QED) is 0.908. The summed E-state index contributed by atoms with van der Waals surface area (Å²) >= 11 is 6.04. The highest BCUT2D eigenvalue weighted by Crippen LogP contribution is 2.21. The average Bonchev–Trinajstić information content (AvgIpc) is 2.64. The largest absolute Gasteiger partial charge is 0.339 e. The zero-order valence-corrected chi connectivity index (χ0v) is 14.1. The van der Waals surface area contributed by atoms with E-state index >= 15 is 0 Å². The van der Waals surface area contributed by atoms with E-state index in [1.54, 1.807) is 42.5 Å². The predicted molar refractivity (Wildman–Crippen MR) is 95.6 cm³/mol. The topological polar surface area (TPSA) is 49.4 Å². The number of rotatable bonds is 3. The molecule has 1 aliphatic rings. The number of halogens is 1. The van der Waals surface area contributed by atoms with Crippen molar-refractivity contribution in [1.82, 2.24) is 4.90 Å². The second-order valence-corrected chi connectivity index (χ2v) is 6.27. The Bertz CT molecular complexity index is 737. The molecule has 0 radical (unpaired) electrons. The predicted octanol–water partition coefficient (Wildman–Crippen LogP) is 4.22. The van der Waals surface area contributed by atoms with Crippen LogP contribution in [0.4, 0.5) is 5.69 Å². The van der Waals surface area contributed by atoms with E-state index in [2.05, 4.69) is 5.32 Å². The highest BCUT2D eigenvalue weighted by Gasteiger charge is 2.18. The van der Waals surface area contributed by atoms with Crippen LogP contribution in [-0.2, 0) is 0 Å². The van der Waals surface area contributed by atoms with Gasteiger partial charge in [0.2, 0.25) is 0 Å². The van der Waals surface area contributed by atoms with Gasteiger partial charge in [-0.3, -0.25) is 9.59 Å². The fourth-order valence-electron chi connectivity index (χ4n) is 2.80. The number of amides is 2. The number of benzene rings is 2. The van der Waals surface area contributed by atoms with Gasteiger partial charge in [0.15, 0.2) is 0 Å². The van der Waals surface area contributed by atoms with Crippen LogP contribution in [-0.4, -0.2) is 29.8 Å². The number of carbonyl (C=O) groups is 2. The number of carbonyl (C=O) groups excluding carboxylic acids is 2. The number of piperidine rings is 1. The second-order valence-electron chi connectivity index (χ2n) is 5.86. The van der Waals surface area contributed by atoms with Gasteiger partial charge in [0, 0.05) is 24.2 Å². The first-order valence-electron chi connectivity index (χ1n) is 8.10. The molecular weight excluding hydrogens is 324 g/mol. The summed E-state index contributed by atoms with van der Waals surface area (Å²) in [5.41, 5.74) is 1.67. The fraction of sp³-hybridized carbons (Fsp3) is 0.263. The van der Waals surface area contributed by atoms with Crippen molar-refractivity contribution >= 4 is 29.1 Å². The lowest BCUT2D eigenvalue weighted by molar-refractivity contribution is 0.0724. The average molecular weight is 343 g/mol. The fourth-order valence-corrected chi connectivity index (χ4v) is 2.98. The minimum Gasteiger partial charge on any atom is -0.339 e. The lowest BCUT2D eigenvalue weighted by Gasteiger charge is -2.26. The van der Waals surface area contributed by atoms with Crippen LogP contribution in [0.2, 0.25) is 5.02 Å². The SMILES string of the molecule is O=C(Nc1ccccc1Cl)c1ccc(C(=O)N2CCCCC2)cc1. The Labute approximate surface area is 146 Å². The van der Waals surface area contributed by atoms with E-state index in [0.717, 1.165) is 25.9 Å². The molecule has 1 fully saturated rings. The summed E-state index contributed by atoms with van der Waals surface area (Å²) in [4.78, 5) is 26.6. The van der Waals surface area contributed by atoms with Crippen LogP contribution in [0.5, 0.6) is 0 Å². The molecule has 0 atom stereocenters. The molecule has 0 saturated carbocycles. The highest BCUT2D eigenvalue weighted by atomic mass is 35.5.